The van der Waals surface area contributed by atoms with Gasteiger partial charge < -0.3 is 5.73 Å². The van der Waals surface area contributed by atoms with Gasteiger partial charge in [-0.05, 0) is 43.4 Å². The van der Waals surface area contributed by atoms with Crippen molar-refractivity contribution in [1.82, 2.24) is 4.31 Å². The average molecular weight is 317 g/mol. The highest BCUT2D eigenvalue weighted by atomic mass is 35.5. The van der Waals surface area contributed by atoms with Gasteiger partial charge in [0, 0.05) is 13.1 Å². The molecule has 112 valence electrons. The number of rotatable bonds is 3. The van der Waals surface area contributed by atoms with Crippen LogP contribution in [0.2, 0.25) is 5.02 Å². The molecule has 0 atom stereocenters. The van der Waals surface area contributed by atoms with Crippen LogP contribution in [0.1, 0.15) is 31.7 Å². The maximum absolute atomic E-state index is 12.7. The SMILES string of the molecule is CCC1CCN(S(=O)(=O)c2cc(N)c(Cl)cc2C)CC1. The lowest BCUT2D eigenvalue weighted by Crippen LogP contribution is -2.38. The number of halogens is 1. The second-order valence-electron chi connectivity index (χ2n) is 5.39. The molecule has 1 fully saturated rings. The zero-order valence-electron chi connectivity index (χ0n) is 11.9. The molecule has 1 heterocycles. The normalized spacial score (nSPS) is 18.4. The van der Waals surface area contributed by atoms with Gasteiger partial charge in [-0.1, -0.05) is 24.9 Å². The Labute approximate surface area is 126 Å². The maximum Gasteiger partial charge on any atom is 0.243 e. The third kappa shape index (κ3) is 2.95. The molecule has 4 nitrogen and oxygen atoms in total. The largest absolute Gasteiger partial charge is 0.397 e. The third-order valence-electron chi connectivity index (χ3n) is 4.06. The van der Waals surface area contributed by atoms with Crippen molar-refractivity contribution in [3.8, 4) is 0 Å². The van der Waals surface area contributed by atoms with Gasteiger partial charge in [0.15, 0.2) is 0 Å². The fourth-order valence-electron chi connectivity index (χ4n) is 2.64. The van der Waals surface area contributed by atoms with E-state index in [0.717, 1.165) is 19.3 Å². The van der Waals surface area contributed by atoms with Crippen molar-refractivity contribution in [1.29, 1.82) is 0 Å². The molecule has 0 amide bonds. The van der Waals surface area contributed by atoms with Crippen molar-refractivity contribution in [2.75, 3.05) is 18.8 Å². The summed E-state index contributed by atoms with van der Waals surface area (Å²) in [5, 5.41) is 0.395. The van der Waals surface area contributed by atoms with Gasteiger partial charge in [-0.3, -0.25) is 0 Å². The molecule has 0 saturated carbocycles. The minimum Gasteiger partial charge on any atom is -0.397 e. The zero-order valence-corrected chi connectivity index (χ0v) is 13.5. The Morgan fingerprint density at radius 2 is 1.95 bits per heavy atom. The Kier molecular flexibility index (Phi) is 4.62. The lowest BCUT2D eigenvalue weighted by atomic mass is 9.96. The second kappa shape index (κ2) is 5.92. The van der Waals surface area contributed by atoms with E-state index in [9.17, 15) is 8.42 Å². The number of aryl methyl sites for hydroxylation is 1. The molecule has 0 aromatic heterocycles. The van der Waals surface area contributed by atoms with E-state index in [1.165, 1.54) is 6.07 Å². The summed E-state index contributed by atoms with van der Waals surface area (Å²) in [4.78, 5) is 0.273. The number of nitrogens with zero attached hydrogens (tertiary/aromatic N) is 1. The summed E-state index contributed by atoms with van der Waals surface area (Å²) < 4.78 is 27.0. The van der Waals surface area contributed by atoms with Crippen molar-refractivity contribution >= 4 is 27.3 Å². The van der Waals surface area contributed by atoms with Gasteiger partial charge in [0.1, 0.15) is 0 Å². The van der Waals surface area contributed by atoms with Gasteiger partial charge in [0.05, 0.1) is 15.6 Å². The van der Waals surface area contributed by atoms with Crippen molar-refractivity contribution in [3.63, 3.8) is 0 Å². The van der Waals surface area contributed by atoms with Crippen molar-refractivity contribution in [3.05, 3.63) is 22.7 Å². The highest BCUT2D eigenvalue weighted by Gasteiger charge is 2.30. The first-order chi connectivity index (χ1) is 9.36. The molecule has 0 spiro atoms. The van der Waals surface area contributed by atoms with E-state index in [2.05, 4.69) is 6.92 Å². The van der Waals surface area contributed by atoms with Gasteiger partial charge in [-0.2, -0.15) is 4.31 Å². The number of anilines is 1. The van der Waals surface area contributed by atoms with Crippen molar-refractivity contribution in [2.24, 2.45) is 5.92 Å². The molecule has 20 heavy (non-hydrogen) atoms. The zero-order chi connectivity index (χ0) is 14.9. The molecule has 0 bridgehead atoms. The van der Waals surface area contributed by atoms with E-state index in [1.54, 1.807) is 17.3 Å². The molecule has 1 aromatic carbocycles. The van der Waals surface area contributed by atoms with Crippen LogP contribution in [-0.4, -0.2) is 25.8 Å². The smallest absolute Gasteiger partial charge is 0.243 e. The van der Waals surface area contributed by atoms with Crippen LogP contribution in [0.15, 0.2) is 17.0 Å². The van der Waals surface area contributed by atoms with Crippen LogP contribution in [-0.2, 0) is 10.0 Å². The van der Waals surface area contributed by atoms with Crippen LogP contribution in [0, 0.1) is 12.8 Å². The molecule has 2 rings (SSSR count). The summed E-state index contributed by atoms with van der Waals surface area (Å²) in [6.45, 7) is 5.07. The van der Waals surface area contributed by atoms with Crippen LogP contribution in [0.3, 0.4) is 0 Å². The minimum atomic E-state index is -3.47. The molecule has 1 saturated heterocycles. The van der Waals surface area contributed by atoms with Crippen molar-refractivity contribution in [2.45, 2.75) is 38.0 Å². The Morgan fingerprint density at radius 1 is 1.35 bits per heavy atom. The predicted molar refractivity (Wildman–Crippen MR) is 82.4 cm³/mol. The molecular formula is C14H21ClN2O2S. The fraction of sp³-hybridized carbons (Fsp3) is 0.571. The first-order valence-corrected chi connectivity index (χ1v) is 8.73. The van der Waals surface area contributed by atoms with Crippen LogP contribution >= 0.6 is 11.6 Å². The number of hydrogen-bond acceptors (Lipinski definition) is 3. The minimum absolute atomic E-state index is 0.273. The van der Waals surface area contributed by atoms with E-state index < -0.39 is 10.0 Å². The maximum atomic E-state index is 12.7. The molecule has 0 radical (unpaired) electrons. The van der Waals surface area contributed by atoms with Crippen LogP contribution in [0.25, 0.3) is 0 Å². The van der Waals surface area contributed by atoms with E-state index >= 15 is 0 Å². The number of nitrogens with two attached hydrogens (primary N) is 1. The monoisotopic (exact) mass is 316 g/mol. The summed E-state index contributed by atoms with van der Waals surface area (Å²) in [5.74, 6) is 0.637. The molecule has 1 aromatic rings. The Hall–Kier alpha value is -0.780. The molecular weight excluding hydrogens is 296 g/mol. The number of piperidine rings is 1. The highest BCUT2D eigenvalue weighted by molar-refractivity contribution is 7.89. The highest BCUT2D eigenvalue weighted by Crippen LogP contribution is 2.30. The molecule has 2 N–H and O–H groups in total. The first kappa shape index (κ1) is 15.6. The molecule has 0 unspecified atom stereocenters. The number of sulfonamides is 1. The second-order valence-corrected chi connectivity index (χ2v) is 7.71. The van der Waals surface area contributed by atoms with E-state index in [-0.39, 0.29) is 4.90 Å². The van der Waals surface area contributed by atoms with Crippen molar-refractivity contribution < 1.29 is 8.42 Å². The molecule has 1 aliphatic heterocycles. The van der Waals surface area contributed by atoms with Crippen LogP contribution < -0.4 is 5.73 Å². The van der Waals surface area contributed by atoms with Gasteiger partial charge in [-0.15, -0.1) is 0 Å². The van der Waals surface area contributed by atoms with E-state index in [4.69, 9.17) is 17.3 Å². The van der Waals surface area contributed by atoms with E-state index in [0.29, 0.717) is 35.3 Å². The topological polar surface area (TPSA) is 63.4 Å². The third-order valence-corrected chi connectivity index (χ3v) is 6.43. The molecule has 6 heteroatoms. The first-order valence-electron chi connectivity index (χ1n) is 6.92. The summed E-state index contributed by atoms with van der Waals surface area (Å²) in [7, 11) is -3.47. The number of hydrogen-bond donors (Lipinski definition) is 1. The summed E-state index contributed by atoms with van der Waals surface area (Å²) in [6, 6.07) is 3.08. The van der Waals surface area contributed by atoms with Crippen LogP contribution in [0.4, 0.5) is 5.69 Å². The van der Waals surface area contributed by atoms with Gasteiger partial charge >= 0.3 is 0 Å². The Bertz CT molecular complexity index is 593. The fourth-order valence-corrected chi connectivity index (χ4v) is 4.57. The summed E-state index contributed by atoms with van der Waals surface area (Å²) in [6.07, 6.45) is 2.97. The van der Waals surface area contributed by atoms with Crippen LogP contribution in [0.5, 0.6) is 0 Å². The van der Waals surface area contributed by atoms with Gasteiger partial charge in [0.2, 0.25) is 10.0 Å². The summed E-state index contributed by atoms with van der Waals surface area (Å²) >= 11 is 5.93. The molecule has 1 aliphatic rings. The molecule has 0 aliphatic carbocycles. The Morgan fingerprint density at radius 3 is 2.50 bits per heavy atom. The lowest BCUT2D eigenvalue weighted by Gasteiger charge is -2.31. The lowest BCUT2D eigenvalue weighted by molar-refractivity contribution is 0.269. The number of benzene rings is 1. The Balaban J connectivity index is 2.30. The number of nitrogen functional groups attached to an aromatic ring is 1. The van der Waals surface area contributed by atoms with Gasteiger partial charge in [0.25, 0.3) is 0 Å². The summed E-state index contributed by atoms with van der Waals surface area (Å²) in [5.41, 5.74) is 6.69. The quantitative estimate of drug-likeness (QED) is 0.872. The van der Waals surface area contributed by atoms with Gasteiger partial charge in [-0.25, -0.2) is 8.42 Å². The van der Waals surface area contributed by atoms with E-state index in [1.807, 2.05) is 0 Å². The standard InChI is InChI=1S/C14H21ClN2O2S/c1-3-11-4-6-17(7-5-11)20(18,19)14-9-13(16)12(15)8-10(14)2/h8-9,11H,3-7,16H2,1-2H3. The average Bonchev–Trinajstić information content (AvgIpc) is 2.42. The predicted octanol–water partition coefficient (Wildman–Crippen LogP) is 3.04.